The van der Waals surface area contributed by atoms with Gasteiger partial charge in [-0.3, -0.25) is 4.79 Å². The zero-order valence-corrected chi connectivity index (χ0v) is 16.5. The lowest BCUT2D eigenvalue weighted by Crippen LogP contribution is -2.46. The lowest BCUT2D eigenvalue weighted by atomic mass is 9.97. The predicted octanol–water partition coefficient (Wildman–Crippen LogP) is 1.93. The van der Waals surface area contributed by atoms with Crippen LogP contribution in [0.25, 0.3) is 5.82 Å². The van der Waals surface area contributed by atoms with Gasteiger partial charge < -0.3 is 15.0 Å². The van der Waals surface area contributed by atoms with E-state index in [1.165, 1.54) is 6.33 Å². The van der Waals surface area contributed by atoms with Crippen molar-refractivity contribution in [2.75, 3.05) is 13.1 Å². The molecule has 1 atom stereocenters. The van der Waals surface area contributed by atoms with Crippen LogP contribution in [0.3, 0.4) is 0 Å². The third kappa shape index (κ3) is 5.05. The van der Waals surface area contributed by atoms with Gasteiger partial charge in [0.1, 0.15) is 18.3 Å². The fourth-order valence-electron chi connectivity index (χ4n) is 3.10. The Bertz CT molecular complexity index is 815. The van der Waals surface area contributed by atoms with Gasteiger partial charge in [0.05, 0.1) is 5.92 Å². The van der Waals surface area contributed by atoms with Crippen LogP contribution < -0.4 is 5.32 Å². The Kier molecular flexibility index (Phi) is 5.91. The number of piperidine rings is 1. The number of hydrogen-bond acceptors (Lipinski definition) is 6. The van der Waals surface area contributed by atoms with E-state index in [2.05, 4.69) is 20.4 Å². The third-order valence-electron chi connectivity index (χ3n) is 4.40. The molecule has 150 valence electrons. The van der Waals surface area contributed by atoms with Crippen LogP contribution in [0.2, 0.25) is 0 Å². The summed E-state index contributed by atoms with van der Waals surface area (Å²) in [7, 11) is 0. The average Bonchev–Trinajstić information content (AvgIpc) is 3.19. The summed E-state index contributed by atoms with van der Waals surface area (Å²) in [5, 5.41) is 7.05. The molecule has 1 aliphatic heterocycles. The average molecular weight is 386 g/mol. The van der Waals surface area contributed by atoms with Crippen molar-refractivity contribution in [1.29, 1.82) is 0 Å². The predicted molar refractivity (Wildman–Crippen MR) is 102 cm³/mol. The van der Waals surface area contributed by atoms with E-state index in [0.29, 0.717) is 25.5 Å². The summed E-state index contributed by atoms with van der Waals surface area (Å²) >= 11 is 0. The fourth-order valence-corrected chi connectivity index (χ4v) is 3.10. The maximum Gasteiger partial charge on any atom is 0.410 e. The van der Waals surface area contributed by atoms with E-state index >= 15 is 0 Å². The number of hydrogen-bond donors (Lipinski definition) is 1. The largest absolute Gasteiger partial charge is 0.444 e. The van der Waals surface area contributed by atoms with E-state index in [0.717, 1.165) is 18.4 Å². The Hall–Kier alpha value is -2.97. The smallest absolute Gasteiger partial charge is 0.410 e. The molecule has 2 amide bonds. The van der Waals surface area contributed by atoms with Crippen molar-refractivity contribution in [3.8, 4) is 5.82 Å². The van der Waals surface area contributed by atoms with Crippen molar-refractivity contribution < 1.29 is 14.3 Å². The molecular weight excluding hydrogens is 360 g/mol. The number of nitrogens with one attached hydrogen (secondary N) is 1. The van der Waals surface area contributed by atoms with E-state index in [-0.39, 0.29) is 17.9 Å². The van der Waals surface area contributed by atoms with E-state index in [1.807, 2.05) is 32.9 Å². The highest BCUT2D eigenvalue weighted by molar-refractivity contribution is 5.80. The lowest BCUT2D eigenvalue weighted by Gasteiger charge is -2.33. The van der Waals surface area contributed by atoms with Crippen molar-refractivity contribution >= 4 is 12.0 Å². The van der Waals surface area contributed by atoms with Gasteiger partial charge in [-0.05, 0) is 39.7 Å². The Morgan fingerprint density at radius 3 is 2.89 bits per heavy atom. The minimum Gasteiger partial charge on any atom is -0.444 e. The van der Waals surface area contributed by atoms with Crippen molar-refractivity contribution in [3.63, 3.8) is 0 Å². The molecule has 9 heteroatoms. The normalized spacial score (nSPS) is 17.2. The van der Waals surface area contributed by atoms with E-state index in [4.69, 9.17) is 4.74 Å². The highest BCUT2D eigenvalue weighted by Gasteiger charge is 2.31. The zero-order valence-electron chi connectivity index (χ0n) is 16.5. The second-order valence-electron chi connectivity index (χ2n) is 7.81. The number of rotatable bonds is 4. The summed E-state index contributed by atoms with van der Waals surface area (Å²) < 4.78 is 6.98. The van der Waals surface area contributed by atoms with E-state index < -0.39 is 5.60 Å². The van der Waals surface area contributed by atoms with Crippen LogP contribution in [0.1, 0.15) is 39.2 Å². The summed E-state index contributed by atoms with van der Waals surface area (Å²) in [5.41, 5.74) is 0.283. The number of pyridine rings is 1. The van der Waals surface area contributed by atoms with Crippen molar-refractivity contribution in [1.82, 2.24) is 30.0 Å². The molecule has 0 radical (unpaired) electrons. The lowest BCUT2D eigenvalue weighted by molar-refractivity contribution is -0.126. The topological polar surface area (TPSA) is 102 Å². The molecule has 9 nitrogen and oxygen atoms in total. The van der Waals surface area contributed by atoms with Gasteiger partial charge in [0, 0.05) is 31.4 Å². The number of ether oxygens (including phenoxy) is 1. The van der Waals surface area contributed by atoms with Gasteiger partial charge in [0.25, 0.3) is 0 Å². The molecule has 0 bridgehead atoms. The second kappa shape index (κ2) is 8.37. The SMILES string of the molecule is CC(C)(C)OC(=O)N1CCC[C@@H](C(=O)NCc2cccnc2-n2cncn2)C1. The molecule has 2 aromatic rings. The van der Waals surface area contributed by atoms with Crippen LogP contribution in [0.5, 0.6) is 0 Å². The standard InChI is InChI=1S/C19H26N6O3/c1-19(2,3)28-18(27)24-9-5-7-15(11-24)17(26)22-10-14-6-4-8-21-16(14)25-13-20-12-23-25/h4,6,8,12-13,15H,5,7,9-11H2,1-3H3,(H,22,26)/t15-/m1/s1. The molecule has 1 fully saturated rings. The van der Waals surface area contributed by atoms with E-state index in [1.54, 1.807) is 22.1 Å². The Morgan fingerprint density at radius 2 is 2.18 bits per heavy atom. The first-order valence-corrected chi connectivity index (χ1v) is 9.38. The minimum atomic E-state index is -0.551. The van der Waals surface area contributed by atoms with Crippen LogP contribution >= 0.6 is 0 Å². The minimum absolute atomic E-state index is 0.0818. The summed E-state index contributed by atoms with van der Waals surface area (Å²) in [5.74, 6) is 0.286. The second-order valence-corrected chi connectivity index (χ2v) is 7.81. The van der Waals surface area contributed by atoms with E-state index in [9.17, 15) is 9.59 Å². The highest BCUT2D eigenvalue weighted by atomic mass is 16.6. The molecule has 1 aliphatic rings. The quantitative estimate of drug-likeness (QED) is 0.861. The van der Waals surface area contributed by atoms with Gasteiger partial charge in [-0.25, -0.2) is 19.4 Å². The van der Waals surface area contributed by atoms with Gasteiger partial charge in [-0.15, -0.1) is 0 Å². The van der Waals surface area contributed by atoms with Crippen molar-refractivity contribution in [2.24, 2.45) is 5.92 Å². The molecule has 3 heterocycles. The number of carbonyl (C=O) groups is 2. The van der Waals surface area contributed by atoms with Crippen LogP contribution in [0.4, 0.5) is 4.79 Å². The Balaban J connectivity index is 1.59. The van der Waals surface area contributed by atoms with Gasteiger partial charge >= 0.3 is 6.09 Å². The summed E-state index contributed by atoms with van der Waals surface area (Å²) in [6.07, 6.45) is 5.81. The molecule has 0 unspecified atom stereocenters. The fraction of sp³-hybridized carbons (Fsp3) is 0.526. The number of amides is 2. The molecule has 1 N–H and O–H groups in total. The monoisotopic (exact) mass is 386 g/mol. The summed E-state index contributed by atoms with van der Waals surface area (Å²) in [4.78, 5) is 34.8. The number of nitrogens with zero attached hydrogens (tertiary/aromatic N) is 5. The van der Waals surface area contributed by atoms with Gasteiger partial charge in [0.15, 0.2) is 5.82 Å². The first-order chi connectivity index (χ1) is 13.3. The van der Waals surface area contributed by atoms with Crippen molar-refractivity contribution in [2.45, 2.75) is 45.8 Å². The van der Waals surface area contributed by atoms with Crippen LogP contribution in [-0.2, 0) is 16.1 Å². The summed E-state index contributed by atoms with van der Waals surface area (Å²) in [6, 6.07) is 3.70. The Morgan fingerprint density at radius 1 is 1.36 bits per heavy atom. The zero-order chi connectivity index (χ0) is 20.1. The highest BCUT2D eigenvalue weighted by Crippen LogP contribution is 2.20. The molecule has 0 spiro atoms. The molecule has 28 heavy (non-hydrogen) atoms. The van der Waals surface area contributed by atoms with Crippen LogP contribution in [0.15, 0.2) is 31.0 Å². The molecular formula is C19H26N6O3. The molecule has 0 aromatic carbocycles. The van der Waals surface area contributed by atoms with Crippen LogP contribution in [0, 0.1) is 5.92 Å². The molecule has 0 aliphatic carbocycles. The summed E-state index contributed by atoms with van der Waals surface area (Å²) in [6.45, 7) is 6.80. The first kappa shape index (κ1) is 19.8. The third-order valence-corrected chi connectivity index (χ3v) is 4.40. The number of aromatic nitrogens is 4. The van der Waals surface area contributed by atoms with Gasteiger partial charge in [-0.1, -0.05) is 6.07 Å². The number of carbonyl (C=O) groups excluding carboxylic acids is 2. The number of likely N-dealkylation sites (tertiary alicyclic amines) is 1. The maximum absolute atomic E-state index is 12.7. The van der Waals surface area contributed by atoms with Crippen molar-refractivity contribution in [3.05, 3.63) is 36.5 Å². The molecule has 2 aromatic heterocycles. The maximum atomic E-state index is 12.7. The Labute approximate surface area is 164 Å². The van der Waals surface area contributed by atoms with Gasteiger partial charge in [-0.2, -0.15) is 5.10 Å². The molecule has 0 saturated carbocycles. The molecule has 1 saturated heterocycles. The molecule has 3 rings (SSSR count). The first-order valence-electron chi connectivity index (χ1n) is 9.38. The van der Waals surface area contributed by atoms with Gasteiger partial charge in [0.2, 0.25) is 5.91 Å². The van der Waals surface area contributed by atoms with Crippen LogP contribution in [-0.4, -0.2) is 55.3 Å².